The Morgan fingerprint density at radius 2 is 1.86 bits per heavy atom. The fraction of sp³-hybridized carbons (Fsp3) is 0.235. The molecule has 0 spiro atoms. The standard InChI is InChI=1S/C17H16ClNO2/c1-21-16-7-6-14(10-15(16)18)19-17(20)13-8-11-4-2-3-5-12(11)9-13/h2-7,10,13H,8-9H2,1H3,(H,19,20). The van der Waals surface area contributed by atoms with E-state index in [9.17, 15) is 4.79 Å². The Kier molecular flexibility index (Phi) is 3.84. The molecule has 0 fully saturated rings. The lowest BCUT2D eigenvalue weighted by Gasteiger charge is -2.11. The topological polar surface area (TPSA) is 38.3 Å². The van der Waals surface area contributed by atoms with Crippen molar-refractivity contribution in [1.29, 1.82) is 0 Å². The van der Waals surface area contributed by atoms with E-state index in [0.29, 0.717) is 16.5 Å². The van der Waals surface area contributed by atoms with Gasteiger partial charge in [0.2, 0.25) is 5.91 Å². The number of nitrogens with one attached hydrogen (secondary N) is 1. The number of carbonyl (C=O) groups is 1. The molecule has 3 nitrogen and oxygen atoms in total. The van der Waals surface area contributed by atoms with Crippen molar-refractivity contribution in [2.24, 2.45) is 5.92 Å². The van der Waals surface area contributed by atoms with Gasteiger partial charge in [-0.05, 0) is 42.2 Å². The first-order valence-corrected chi connectivity index (χ1v) is 7.26. The summed E-state index contributed by atoms with van der Waals surface area (Å²) in [5.41, 5.74) is 3.23. The van der Waals surface area contributed by atoms with Crippen molar-refractivity contribution in [2.45, 2.75) is 12.8 Å². The van der Waals surface area contributed by atoms with E-state index in [4.69, 9.17) is 16.3 Å². The molecule has 0 saturated carbocycles. The minimum Gasteiger partial charge on any atom is -0.495 e. The molecule has 0 saturated heterocycles. The lowest BCUT2D eigenvalue weighted by molar-refractivity contribution is -0.119. The minimum absolute atomic E-state index is 0.0109. The van der Waals surface area contributed by atoms with Gasteiger partial charge in [-0.3, -0.25) is 4.79 Å². The molecule has 0 heterocycles. The predicted molar refractivity (Wildman–Crippen MR) is 84.0 cm³/mol. The Morgan fingerprint density at radius 3 is 2.43 bits per heavy atom. The van der Waals surface area contributed by atoms with Crippen molar-refractivity contribution >= 4 is 23.2 Å². The molecule has 0 atom stereocenters. The Hall–Kier alpha value is -2.00. The number of ether oxygens (including phenoxy) is 1. The summed E-state index contributed by atoms with van der Waals surface area (Å²) in [6.07, 6.45) is 1.60. The SMILES string of the molecule is COc1ccc(NC(=O)C2Cc3ccccc3C2)cc1Cl. The van der Waals surface area contributed by atoms with Gasteiger partial charge in [-0.2, -0.15) is 0 Å². The van der Waals surface area contributed by atoms with E-state index >= 15 is 0 Å². The Bertz CT molecular complexity index is 659. The van der Waals surface area contributed by atoms with Crippen molar-refractivity contribution in [3.8, 4) is 5.75 Å². The second-order valence-corrected chi connectivity index (χ2v) is 5.62. The second kappa shape index (κ2) is 5.78. The number of benzene rings is 2. The predicted octanol–water partition coefficient (Wildman–Crippen LogP) is 3.70. The maximum absolute atomic E-state index is 12.4. The van der Waals surface area contributed by atoms with Crippen LogP contribution in [0.1, 0.15) is 11.1 Å². The number of rotatable bonds is 3. The average molecular weight is 302 g/mol. The van der Waals surface area contributed by atoms with Crippen LogP contribution in [-0.2, 0) is 17.6 Å². The summed E-state index contributed by atoms with van der Waals surface area (Å²) >= 11 is 6.07. The summed E-state index contributed by atoms with van der Waals surface area (Å²) in [5, 5.41) is 3.42. The van der Waals surface area contributed by atoms with Crippen molar-refractivity contribution in [1.82, 2.24) is 0 Å². The normalized spacial score (nSPS) is 13.8. The third-order valence-electron chi connectivity index (χ3n) is 3.84. The highest BCUT2D eigenvalue weighted by Gasteiger charge is 2.27. The molecule has 0 bridgehead atoms. The monoisotopic (exact) mass is 301 g/mol. The van der Waals surface area contributed by atoms with Crippen LogP contribution in [0.25, 0.3) is 0 Å². The summed E-state index contributed by atoms with van der Waals surface area (Å²) in [4.78, 5) is 12.4. The zero-order valence-corrected chi connectivity index (χ0v) is 12.5. The highest BCUT2D eigenvalue weighted by molar-refractivity contribution is 6.32. The number of amides is 1. The van der Waals surface area contributed by atoms with Gasteiger partial charge in [0.05, 0.1) is 12.1 Å². The largest absolute Gasteiger partial charge is 0.495 e. The summed E-state index contributed by atoms with van der Waals surface area (Å²) in [6, 6.07) is 13.5. The summed E-state index contributed by atoms with van der Waals surface area (Å²) < 4.78 is 5.10. The van der Waals surface area contributed by atoms with Gasteiger partial charge >= 0.3 is 0 Å². The van der Waals surface area contributed by atoms with E-state index in [-0.39, 0.29) is 11.8 Å². The van der Waals surface area contributed by atoms with Crippen LogP contribution in [0.2, 0.25) is 5.02 Å². The molecule has 0 radical (unpaired) electrons. The van der Waals surface area contributed by atoms with Crippen molar-refractivity contribution < 1.29 is 9.53 Å². The number of fused-ring (bicyclic) bond motifs is 1. The summed E-state index contributed by atoms with van der Waals surface area (Å²) in [5.74, 6) is 0.624. The molecule has 4 heteroatoms. The Balaban J connectivity index is 1.69. The van der Waals surface area contributed by atoms with E-state index in [2.05, 4.69) is 17.4 Å². The van der Waals surface area contributed by atoms with Gasteiger partial charge in [0.25, 0.3) is 0 Å². The first-order valence-electron chi connectivity index (χ1n) is 6.88. The van der Waals surface area contributed by atoms with Gasteiger partial charge in [-0.1, -0.05) is 35.9 Å². The number of carbonyl (C=O) groups excluding carboxylic acids is 1. The molecule has 0 unspecified atom stereocenters. The summed E-state index contributed by atoms with van der Waals surface area (Å²) in [7, 11) is 1.56. The fourth-order valence-electron chi connectivity index (χ4n) is 2.73. The highest BCUT2D eigenvalue weighted by atomic mass is 35.5. The second-order valence-electron chi connectivity index (χ2n) is 5.21. The van der Waals surface area contributed by atoms with Crippen LogP contribution in [0.3, 0.4) is 0 Å². The smallest absolute Gasteiger partial charge is 0.228 e. The highest BCUT2D eigenvalue weighted by Crippen LogP contribution is 2.30. The molecular formula is C17H16ClNO2. The van der Waals surface area contributed by atoms with E-state index in [1.807, 2.05) is 12.1 Å². The van der Waals surface area contributed by atoms with Gasteiger partial charge in [0, 0.05) is 11.6 Å². The molecule has 0 aliphatic heterocycles. The zero-order valence-electron chi connectivity index (χ0n) is 11.7. The van der Waals surface area contributed by atoms with Crippen LogP contribution in [0.15, 0.2) is 42.5 Å². The first kappa shape index (κ1) is 14.0. The number of methoxy groups -OCH3 is 1. The molecule has 0 aromatic heterocycles. The number of hydrogen-bond donors (Lipinski definition) is 1. The molecule has 108 valence electrons. The number of hydrogen-bond acceptors (Lipinski definition) is 2. The molecule has 21 heavy (non-hydrogen) atoms. The molecule has 3 rings (SSSR count). The third kappa shape index (κ3) is 2.88. The van der Waals surface area contributed by atoms with E-state index in [1.165, 1.54) is 11.1 Å². The van der Waals surface area contributed by atoms with Crippen LogP contribution in [-0.4, -0.2) is 13.0 Å². The van der Waals surface area contributed by atoms with Crippen molar-refractivity contribution in [3.63, 3.8) is 0 Å². The number of anilines is 1. The quantitative estimate of drug-likeness (QED) is 0.938. The molecule has 1 N–H and O–H groups in total. The fourth-order valence-corrected chi connectivity index (χ4v) is 2.99. The van der Waals surface area contributed by atoms with E-state index < -0.39 is 0 Å². The van der Waals surface area contributed by atoms with Crippen LogP contribution in [0, 0.1) is 5.92 Å². The number of halogens is 1. The van der Waals surface area contributed by atoms with Gasteiger partial charge in [0.15, 0.2) is 0 Å². The first-order chi connectivity index (χ1) is 10.2. The summed E-state index contributed by atoms with van der Waals surface area (Å²) in [6.45, 7) is 0. The van der Waals surface area contributed by atoms with Crippen molar-refractivity contribution in [2.75, 3.05) is 12.4 Å². The molecular weight excluding hydrogens is 286 g/mol. The molecule has 2 aromatic carbocycles. The van der Waals surface area contributed by atoms with Crippen LogP contribution < -0.4 is 10.1 Å². The minimum atomic E-state index is -0.0109. The van der Waals surface area contributed by atoms with Crippen LogP contribution in [0.4, 0.5) is 5.69 Å². The van der Waals surface area contributed by atoms with Crippen LogP contribution in [0.5, 0.6) is 5.75 Å². The van der Waals surface area contributed by atoms with Gasteiger partial charge in [-0.25, -0.2) is 0 Å². The van der Waals surface area contributed by atoms with E-state index in [0.717, 1.165) is 12.8 Å². The third-order valence-corrected chi connectivity index (χ3v) is 4.14. The van der Waals surface area contributed by atoms with Crippen molar-refractivity contribution in [3.05, 3.63) is 58.6 Å². The van der Waals surface area contributed by atoms with Gasteiger partial charge < -0.3 is 10.1 Å². The Morgan fingerprint density at radius 1 is 1.19 bits per heavy atom. The van der Waals surface area contributed by atoms with Crippen LogP contribution >= 0.6 is 11.6 Å². The average Bonchev–Trinajstić information content (AvgIpc) is 2.91. The lowest BCUT2D eigenvalue weighted by Crippen LogP contribution is -2.23. The maximum atomic E-state index is 12.4. The van der Waals surface area contributed by atoms with Gasteiger partial charge in [0.1, 0.15) is 5.75 Å². The van der Waals surface area contributed by atoms with E-state index in [1.54, 1.807) is 25.3 Å². The molecule has 1 amide bonds. The maximum Gasteiger partial charge on any atom is 0.228 e. The molecule has 2 aromatic rings. The molecule has 1 aliphatic rings. The lowest BCUT2D eigenvalue weighted by atomic mass is 10.1. The van der Waals surface area contributed by atoms with Gasteiger partial charge in [-0.15, -0.1) is 0 Å². The molecule has 1 aliphatic carbocycles. The zero-order chi connectivity index (χ0) is 14.8. The Labute approximate surface area is 128 Å².